The van der Waals surface area contributed by atoms with Crippen LogP contribution in [0, 0.1) is 0 Å². The normalized spacial score (nSPS) is 28.6. The highest BCUT2D eigenvalue weighted by Gasteiger charge is 2.40. The lowest BCUT2D eigenvalue weighted by atomic mass is 9.25. The fourth-order valence-corrected chi connectivity index (χ4v) is 8.33. The lowest BCUT2D eigenvalue weighted by molar-refractivity contribution is 0.446. The zero-order chi connectivity index (χ0) is 13.9. The van der Waals surface area contributed by atoms with Crippen molar-refractivity contribution in [3.8, 4) is 0 Å². The Kier molecular flexibility index (Phi) is 5.39. The van der Waals surface area contributed by atoms with E-state index in [2.05, 4.69) is 33.4 Å². The fourth-order valence-electron chi connectivity index (χ4n) is 5.06. The average molecular weight is 276 g/mol. The molecule has 0 unspecified atom stereocenters. The van der Waals surface area contributed by atoms with Gasteiger partial charge in [0.1, 0.15) is 0 Å². The Balaban J connectivity index is 2.19. The molecule has 0 saturated carbocycles. The summed E-state index contributed by atoms with van der Waals surface area (Å²) in [6, 6.07) is 4.33. The molecule has 0 N–H and O–H groups in total. The first-order valence-electron chi connectivity index (χ1n) is 8.85. The number of hydrogen-bond acceptors (Lipinski definition) is 0. The molecular weight excluding hydrogens is 243 g/mol. The van der Waals surface area contributed by atoms with Crippen LogP contribution in [0.25, 0.3) is 0 Å². The molecule has 0 radical (unpaired) electrons. The number of rotatable bonds is 5. The van der Waals surface area contributed by atoms with Crippen LogP contribution in [0.2, 0.25) is 29.8 Å². The van der Waals surface area contributed by atoms with Crippen LogP contribution in [0.4, 0.5) is 0 Å². The fraction of sp³-hybridized carbons (Fsp3) is 0.882. The summed E-state index contributed by atoms with van der Waals surface area (Å²) in [5, 5.41) is 0. The van der Waals surface area contributed by atoms with Crippen LogP contribution < -0.4 is 0 Å². The summed E-state index contributed by atoms with van der Waals surface area (Å²) in [4.78, 5) is 0. The van der Waals surface area contributed by atoms with Gasteiger partial charge in [0.15, 0.2) is 6.71 Å². The minimum atomic E-state index is -1.07. The lowest BCUT2D eigenvalue weighted by Crippen LogP contribution is -2.38. The van der Waals surface area contributed by atoms with Crippen molar-refractivity contribution in [2.24, 2.45) is 0 Å². The molecule has 2 fully saturated rings. The molecule has 108 valence electrons. The summed E-state index contributed by atoms with van der Waals surface area (Å²) in [7, 11) is -1.07. The van der Waals surface area contributed by atoms with Gasteiger partial charge in [0, 0.05) is 0 Å². The van der Waals surface area contributed by atoms with Gasteiger partial charge in [0.05, 0.1) is 8.07 Å². The van der Waals surface area contributed by atoms with E-state index < -0.39 is 8.07 Å². The van der Waals surface area contributed by atoms with Gasteiger partial charge in [-0.15, -0.1) is 11.2 Å². The highest BCUT2D eigenvalue weighted by molar-refractivity contribution is 6.86. The highest BCUT2D eigenvalue weighted by Crippen LogP contribution is 2.48. The molecule has 0 aromatic heterocycles. The third kappa shape index (κ3) is 3.20. The van der Waals surface area contributed by atoms with E-state index in [1.165, 1.54) is 56.7 Å². The third-order valence-electron chi connectivity index (χ3n) is 6.49. The Hall–Kier alpha value is 0.0218. The van der Waals surface area contributed by atoms with Crippen LogP contribution in [-0.4, -0.2) is 14.8 Å². The van der Waals surface area contributed by atoms with E-state index in [0.717, 1.165) is 18.3 Å². The van der Waals surface area contributed by atoms with Crippen LogP contribution in [0.15, 0.2) is 11.2 Å². The Labute approximate surface area is 122 Å². The molecular formula is C17H33BSi. The van der Waals surface area contributed by atoms with Crippen molar-refractivity contribution in [1.29, 1.82) is 0 Å². The summed E-state index contributed by atoms with van der Waals surface area (Å²) in [5.41, 5.74) is 4.65. The van der Waals surface area contributed by atoms with Gasteiger partial charge in [0.2, 0.25) is 0 Å². The van der Waals surface area contributed by atoms with Crippen molar-refractivity contribution in [3.63, 3.8) is 0 Å². The molecule has 0 aromatic rings. The van der Waals surface area contributed by atoms with Gasteiger partial charge < -0.3 is 0 Å². The summed E-state index contributed by atoms with van der Waals surface area (Å²) in [6.07, 6.45) is 9.10. The second-order valence-corrected chi connectivity index (χ2v) is 12.4. The number of fused-ring (bicyclic) bond motifs is 2. The third-order valence-corrected chi connectivity index (χ3v) is 11.8. The van der Waals surface area contributed by atoms with Crippen molar-refractivity contribution in [2.75, 3.05) is 0 Å². The van der Waals surface area contributed by atoms with E-state index in [-0.39, 0.29) is 0 Å². The van der Waals surface area contributed by atoms with Gasteiger partial charge in [-0.05, 0) is 0 Å². The molecule has 0 aromatic carbocycles. The van der Waals surface area contributed by atoms with Crippen molar-refractivity contribution < 1.29 is 0 Å². The van der Waals surface area contributed by atoms with Gasteiger partial charge in [0.25, 0.3) is 0 Å². The maximum absolute atomic E-state index is 2.84. The molecule has 2 aliphatic rings. The monoisotopic (exact) mass is 276 g/mol. The lowest BCUT2D eigenvalue weighted by Gasteiger charge is -2.42. The molecule has 0 spiro atoms. The summed E-state index contributed by atoms with van der Waals surface area (Å²) in [6.45, 7) is 10.8. The average Bonchev–Trinajstić information content (AvgIpc) is 2.44. The molecule has 19 heavy (non-hydrogen) atoms. The van der Waals surface area contributed by atoms with Crippen molar-refractivity contribution in [1.82, 2.24) is 0 Å². The van der Waals surface area contributed by atoms with Gasteiger partial charge in [-0.3, -0.25) is 0 Å². The first-order valence-corrected chi connectivity index (χ1v) is 11.5. The summed E-state index contributed by atoms with van der Waals surface area (Å²) >= 11 is 0. The Morgan fingerprint density at radius 2 is 1.37 bits per heavy atom. The molecule has 2 rings (SSSR count). The van der Waals surface area contributed by atoms with E-state index in [0.29, 0.717) is 0 Å². The van der Waals surface area contributed by atoms with Crippen LogP contribution in [0.5, 0.6) is 0 Å². The van der Waals surface area contributed by atoms with Crippen LogP contribution in [0.3, 0.4) is 0 Å². The first-order chi connectivity index (χ1) is 9.15. The van der Waals surface area contributed by atoms with Gasteiger partial charge in [-0.2, -0.15) is 0 Å². The Morgan fingerprint density at radius 1 is 0.947 bits per heavy atom. The second-order valence-electron chi connectivity index (χ2n) is 7.22. The van der Waals surface area contributed by atoms with E-state index in [1.807, 2.05) is 5.47 Å². The Bertz CT molecular complexity index is 289. The summed E-state index contributed by atoms with van der Waals surface area (Å²) < 4.78 is 0. The standard InChI is InChI=1S/C17H33BSi/c1-5-19(6-2,7-3)14-15(4)18-16-10-8-11-17(18)13-9-12-16/h14,16-17H,5-13H2,1-4H3/b15-14+. The molecule has 0 nitrogen and oxygen atoms in total. The van der Waals surface area contributed by atoms with Crippen LogP contribution in [-0.2, 0) is 0 Å². The van der Waals surface area contributed by atoms with Crippen LogP contribution in [0.1, 0.15) is 66.2 Å². The topological polar surface area (TPSA) is 0 Å². The molecule has 2 heterocycles. The zero-order valence-electron chi connectivity index (χ0n) is 13.7. The molecule has 2 saturated heterocycles. The molecule has 2 aliphatic heterocycles. The first kappa shape index (κ1) is 15.4. The molecule has 0 atom stereocenters. The van der Waals surface area contributed by atoms with E-state index >= 15 is 0 Å². The van der Waals surface area contributed by atoms with Crippen LogP contribution >= 0.6 is 0 Å². The minimum Gasteiger partial charge on any atom is -0.111 e. The zero-order valence-corrected chi connectivity index (χ0v) is 14.7. The molecule has 0 aliphatic carbocycles. The smallest absolute Gasteiger partial charge is 0.111 e. The SMILES string of the molecule is CC[Si](/C=C(\C)B1C2CCCC1CCC2)(CC)CC. The number of hydrogen-bond donors (Lipinski definition) is 0. The van der Waals surface area contributed by atoms with Crippen molar-refractivity contribution in [2.45, 2.75) is 96.0 Å². The summed E-state index contributed by atoms with van der Waals surface area (Å²) in [5.74, 6) is 2.09. The second kappa shape index (κ2) is 6.65. The molecule has 2 bridgehead atoms. The highest BCUT2D eigenvalue weighted by atomic mass is 28.3. The van der Waals surface area contributed by atoms with Gasteiger partial charge >= 0.3 is 0 Å². The predicted molar refractivity (Wildman–Crippen MR) is 91.9 cm³/mol. The minimum absolute atomic E-state index is 0.971. The quantitative estimate of drug-likeness (QED) is 0.530. The van der Waals surface area contributed by atoms with Crippen molar-refractivity contribution >= 4 is 14.8 Å². The van der Waals surface area contributed by atoms with E-state index in [1.54, 1.807) is 0 Å². The number of allylic oxidation sites excluding steroid dienone is 1. The van der Waals surface area contributed by atoms with Gasteiger partial charge in [-0.1, -0.05) is 96.0 Å². The van der Waals surface area contributed by atoms with Gasteiger partial charge in [-0.25, -0.2) is 0 Å². The van der Waals surface area contributed by atoms with Crippen molar-refractivity contribution in [3.05, 3.63) is 11.2 Å². The maximum atomic E-state index is 2.84. The van der Waals surface area contributed by atoms with E-state index in [9.17, 15) is 0 Å². The largest absolute Gasteiger partial charge is 0.175 e. The molecule has 0 amide bonds. The van der Waals surface area contributed by atoms with E-state index in [4.69, 9.17) is 0 Å². The molecule has 2 heteroatoms. The maximum Gasteiger partial charge on any atom is 0.175 e. The Morgan fingerprint density at radius 3 is 1.74 bits per heavy atom. The predicted octanol–water partition coefficient (Wildman–Crippen LogP) is 6.12.